The van der Waals surface area contributed by atoms with Crippen LogP contribution in [0.1, 0.15) is 17.5 Å². The lowest BCUT2D eigenvalue weighted by atomic mass is 10.2. The van der Waals surface area contributed by atoms with Crippen LogP contribution in [0.5, 0.6) is 5.75 Å². The molecule has 2 aromatic rings. The van der Waals surface area contributed by atoms with Crippen molar-refractivity contribution in [3.05, 3.63) is 30.0 Å². The van der Waals surface area contributed by atoms with Crippen LogP contribution >= 0.6 is 0 Å². The molecule has 0 bridgehead atoms. The highest BCUT2D eigenvalue weighted by Gasteiger charge is 2.18. The van der Waals surface area contributed by atoms with Crippen molar-refractivity contribution in [2.75, 3.05) is 40.0 Å². The highest BCUT2D eigenvalue weighted by atomic mass is 16.5. The number of nitrogens with zero attached hydrogens (tertiary/aromatic N) is 1. The van der Waals surface area contributed by atoms with Gasteiger partial charge in [0, 0.05) is 18.5 Å². The quantitative estimate of drug-likeness (QED) is 0.788. The zero-order valence-electron chi connectivity index (χ0n) is 13.4. The van der Waals surface area contributed by atoms with Gasteiger partial charge in [-0.05, 0) is 38.2 Å². The SMILES string of the molecule is CCOC(=O)c1cc2cc(OCC3CN(C)CCO3)ccc2o1. The second-order valence-electron chi connectivity index (χ2n) is 5.60. The van der Waals surface area contributed by atoms with Crippen LogP contribution < -0.4 is 4.74 Å². The predicted octanol–water partition coefficient (Wildman–Crippen LogP) is 2.32. The maximum Gasteiger partial charge on any atom is 0.374 e. The number of morpholine rings is 1. The van der Waals surface area contributed by atoms with E-state index in [2.05, 4.69) is 11.9 Å². The molecule has 1 atom stereocenters. The van der Waals surface area contributed by atoms with Gasteiger partial charge in [-0.15, -0.1) is 0 Å². The van der Waals surface area contributed by atoms with Crippen molar-refractivity contribution in [2.45, 2.75) is 13.0 Å². The molecule has 124 valence electrons. The van der Waals surface area contributed by atoms with Gasteiger partial charge >= 0.3 is 5.97 Å². The molecule has 1 aromatic carbocycles. The second kappa shape index (κ2) is 7.02. The zero-order chi connectivity index (χ0) is 16.2. The molecular weight excluding hydrogens is 298 g/mol. The van der Waals surface area contributed by atoms with Crippen molar-refractivity contribution >= 4 is 16.9 Å². The second-order valence-corrected chi connectivity index (χ2v) is 5.60. The maximum atomic E-state index is 11.7. The fraction of sp³-hybridized carbons (Fsp3) is 0.471. The first-order chi connectivity index (χ1) is 11.2. The van der Waals surface area contributed by atoms with Gasteiger partial charge in [0.25, 0.3) is 0 Å². The van der Waals surface area contributed by atoms with Crippen LogP contribution in [-0.4, -0.2) is 56.9 Å². The average molecular weight is 319 g/mol. The third kappa shape index (κ3) is 3.83. The Hall–Kier alpha value is -2.05. The zero-order valence-corrected chi connectivity index (χ0v) is 13.4. The Morgan fingerprint density at radius 1 is 1.39 bits per heavy atom. The standard InChI is InChI=1S/C17H21NO5/c1-3-20-17(19)16-9-12-8-13(4-5-15(12)23-16)22-11-14-10-18(2)6-7-21-14/h4-5,8-9,14H,3,6-7,10-11H2,1-2H3. The van der Waals surface area contributed by atoms with Crippen molar-refractivity contribution in [2.24, 2.45) is 0 Å². The number of rotatable bonds is 5. The molecule has 1 saturated heterocycles. The molecule has 3 rings (SSSR count). The molecule has 1 aliphatic heterocycles. The van der Waals surface area contributed by atoms with E-state index in [1.165, 1.54) is 0 Å². The summed E-state index contributed by atoms with van der Waals surface area (Å²) < 4.78 is 21.9. The Labute approximate surface area is 134 Å². The topological polar surface area (TPSA) is 61.1 Å². The van der Waals surface area contributed by atoms with E-state index in [4.69, 9.17) is 18.6 Å². The molecule has 6 heteroatoms. The molecule has 1 unspecified atom stereocenters. The van der Waals surface area contributed by atoms with Crippen molar-refractivity contribution in [3.8, 4) is 5.75 Å². The Morgan fingerprint density at radius 2 is 2.26 bits per heavy atom. The Morgan fingerprint density at radius 3 is 3.04 bits per heavy atom. The summed E-state index contributed by atoms with van der Waals surface area (Å²) in [7, 11) is 2.07. The van der Waals surface area contributed by atoms with Gasteiger partial charge < -0.3 is 23.5 Å². The normalized spacial score (nSPS) is 19.0. The monoisotopic (exact) mass is 319 g/mol. The van der Waals surface area contributed by atoms with Crippen LogP contribution in [0.15, 0.2) is 28.7 Å². The number of hydrogen-bond acceptors (Lipinski definition) is 6. The van der Waals surface area contributed by atoms with Crippen LogP contribution in [-0.2, 0) is 9.47 Å². The van der Waals surface area contributed by atoms with Crippen LogP contribution in [0.4, 0.5) is 0 Å². The summed E-state index contributed by atoms with van der Waals surface area (Å²) in [6, 6.07) is 7.15. The molecule has 0 spiro atoms. The molecular formula is C17H21NO5. The number of fused-ring (bicyclic) bond motifs is 1. The number of carbonyl (C=O) groups is 1. The smallest absolute Gasteiger partial charge is 0.374 e. The van der Waals surface area contributed by atoms with Crippen molar-refractivity contribution in [3.63, 3.8) is 0 Å². The highest BCUT2D eigenvalue weighted by molar-refractivity contribution is 5.92. The van der Waals surface area contributed by atoms with Gasteiger partial charge in [-0.25, -0.2) is 4.79 Å². The fourth-order valence-corrected chi connectivity index (χ4v) is 2.57. The lowest BCUT2D eigenvalue weighted by Crippen LogP contribution is -2.42. The fourth-order valence-electron chi connectivity index (χ4n) is 2.57. The summed E-state index contributed by atoms with van der Waals surface area (Å²) in [6.07, 6.45) is 0.0730. The Balaban J connectivity index is 1.66. The van der Waals surface area contributed by atoms with Gasteiger partial charge in [0.1, 0.15) is 24.0 Å². The van der Waals surface area contributed by atoms with E-state index < -0.39 is 5.97 Å². The molecule has 0 N–H and O–H groups in total. The number of hydrogen-bond donors (Lipinski definition) is 0. The molecule has 1 aromatic heterocycles. The summed E-state index contributed by atoms with van der Waals surface area (Å²) in [5.41, 5.74) is 0.633. The van der Waals surface area contributed by atoms with Crippen molar-refractivity contribution < 1.29 is 23.4 Å². The van der Waals surface area contributed by atoms with Gasteiger partial charge in [0.2, 0.25) is 5.76 Å². The first-order valence-corrected chi connectivity index (χ1v) is 7.79. The van der Waals surface area contributed by atoms with Gasteiger partial charge in [-0.2, -0.15) is 0 Å². The Bertz CT molecular complexity index is 681. The van der Waals surface area contributed by atoms with E-state index in [0.29, 0.717) is 18.8 Å². The first kappa shape index (κ1) is 15.8. The number of ether oxygens (including phenoxy) is 3. The molecule has 0 saturated carbocycles. The summed E-state index contributed by atoms with van der Waals surface area (Å²) in [5, 5.41) is 0.812. The van der Waals surface area contributed by atoms with Crippen molar-refractivity contribution in [1.29, 1.82) is 0 Å². The summed E-state index contributed by atoms with van der Waals surface area (Å²) in [5.74, 6) is 0.478. The lowest BCUT2D eigenvalue weighted by molar-refractivity contribution is -0.0403. The summed E-state index contributed by atoms with van der Waals surface area (Å²) >= 11 is 0. The van der Waals surface area contributed by atoms with Crippen LogP contribution in [0.2, 0.25) is 0 Å². The average Bonchev–Trinajstić information content (AvgIpc) is 2.96. The largest absolute Gasteiger partial charge is 0.491 e. The van der Waals surface area contributed by atoms with E-state index in [-0.39, 0.29) is 11.9 Å². The van der Waals surface area contributed by atoms with Gasteiger partial charge in [-0.3, -0.25) is 0 Å². The minimum atomic E-state index is -0.454. The summed E-state index contributed by atoms with van der Waals surface area (Å²) in [6.45, 7) is 5.12. The molecule has 0 aliphatic carbocycles. The van der Waals surface area contributed by atoms with Crippen LogP contribution in [0, 0.1) is 0 Å². The number of carbonyl (C=O) groups excluding carboxylic acids is 1. The molecule has 6 nitrogen and oxygen atoms in total. The van der Waals surface area contributed by atoms with Crippen molar-refractivity contribution in [1.82, 2.24) is 4.90 Å². The van der Waals surface area contributed by atoms with Gasteiger partial charge in [-0.1, -0.05) is 0 Å². The number of benzene rings is 1. The Kier molecular flexibility index (Phi) is 4.83. The van der Waals surface area contributed by atoms with E-state index in [0.717, 1.165) is 30.8 Å². The molecule has 1 aliphatic rings. The van der Waals surface area contributed by atoms with E-state index in [1.54, 1.807) is 19.1 Å². The molecule has 23 heavy (non-hydrogen) atoms. The van der Waals surface area contributed by atoms with E-state index in [1.807, 2.05) is 12.1 Å². The summed E-state index contributed by atoms with van der Waals surface area (Å²) in [4.78, 5) is 13.9. The van der Waals surface area contributed by atoms with Gasteiger partial charge in [0.15, 0.2) is 0 Å². The first-order valence-electron chi connectivity index (χ1n) is 7.79. The third-order valence-corrected chi connectivity index (χ3v) is 3.74. The molecule has 0 amide bonds. The minimum absolute atomic E-state index is 0.0730. The van der Waals surface area contributed by atoms with Crippen LogP contribution in [0.25, 0.3) is 11.0 Å². The molecule has 2 heterocycles. The number of furan rings is 1. The highest BCUT2D eigenvalue weighted by Crippen LogP contribution is 2.25. The van der Waals surface area contributed by atoms with E-state index in [9.17, 15) is 4.79 Å². The van der Waals surface area contributed by atoms with Gasteiger partial charge in [0.05, 0.1) is 13.2 Å². The minimum Gasteiger partial charge on any atom is -0.491 e. The van der Waals surface area contributed by atoms with Crippen LogP contribution in [0.3, 0.4) is 0 Å². The van der Waals surface area contributed by atoms with E-state index >= 15 is 0 Å². The maximum absolute atomic E-state index is 11.7. The molecule has 0 radical (unpaired) electrons. The lowest BCUT2D eigenvalue weighted by Gasteiger charge is -2.29. The number of likely N-dealkylation sites (N-methyl/N-ethyl adjacent to an activating group) is 1. The number of esters is 1. The third-order valence-electron chi connectivity index (χ3n) is 3.74. The molecule has 1 fully saturated rings. The predicted molar refractivity (Wildman–Crippen MR) is 84.9 cm³/mol.